The van der Waals surface area contributed by atoms with Crippen molar-refractivity contribution in [1.82, 2.24) is 19.5 Å². The lowest BCUT2D eigenvalue weighted by molar-refractivity contribution is -0.202. The molecule has 4 unspecified atom stereocenters. The molecule has 2 fully saturated rings. The third-order valence-electron chi connectivity index (χ3n) is 4.29. The molecule has 2 aliphatic rings. The van der Waals surface area contributed by atoms with Gasteiger partial charge in [0.2, 0.25) is 0 Å². The van der Waals surface area contributed by atoms with Gasteiger partial charge < -0.3 is 24.7 Å². The molecule has 4 rings (SSSR count). The summed E-state index contributed by atoms with van der Waals surface area (Å²) in [6.07, 6.45) is -0.551. The molecular weight excluding hydrogens is 410 g/mol. The lowest BCUT2D eigenvalue weighted by Gasteiger charge is -2.25. The van der Waals surface area contributed by atoms with Crippen LogP contribution >= 0.6 is 15.9 Å². The molecule has 2 saturated heterocycles. The van der Waals surface area contributed by atoms with E-state index < -0.39 is 30.3 Å². The number of anilines is 1. The van der Waals surface area contributed by atoms with E-state index in [0.29, 0.717) is 15.9 Å². The van der Waals surface area contributed by atoms with Gasteiger partial charge in [-0.15, -0.1) is 0 Å². The van der Waals surface area contributed by atoms with Gasteiger partial charge >= 0.3 is 5.97 Å². The van der Waals surface area contributed by atoms with Gasteiger partial charge in [-0.25, -0.2) is 15.0 Å². The molecular formula is C15H18BrN5O5. The number of halogens is 1. The largest absolute Gasteiger partial charge is 0.463 e. The van der Waals surface area contributed by atoms with Gasteiger partial charge in [0.15, 0.2) is 33.7 Å². The van der Waals surface area contributed by atoms with E-state index in [0.717, 1.165) is 0 Å². The predicted molar refractivity (Wildman–Crippen MR) is 91.8 cm³/mol. The van der Waals surface area contributed by atoms with Gasteiger partial charge in [0.05, 0.1) is 0 Å². The average Bonchev–Trinajstić information content (AvgIpc) is 3.14. The third kappa shape index (κ3) is 2.84. The number of imidazole rings is 1. The van der Waals surface area contributed by atoms with Crippen LogP contribution < -0.4 is 5.73 Å². The Morgan fingerprint density at radius 2 is 2.12 bits per heavy atom. The Morgan fingerprint density at radius 3 is 2.85 bits per heavy atom. The Morgan fingerprint density at radius 1 is 1.38 bits per heavy atom. The first-order valence-corrected chi connectivity index (χ1v) is 8.84. The molecule has 11 heteroatoms. The SMILES string of the molecule is CC(=O)OCC1OC(n2c(Br)nc3c(N)ncnc32)C2OC(C)(C)OC12. The zero-order chi connectivity index (χ0) is 18.6. The molecule has 140 valence electrons. The number of esters is 1. The maximum absolute atomic E-state index is 11.2. The summed E-state index contributed by atoms with van der Waals surface area (Å²) >= 11 is 3.43. The molecule has 0 amide bonds. The van der Waals surface area contributed by atoms with E-state index in [9.17, 15) is 4.79 Å². The van der Waals surface area contributed by atoms with Gasteiger partial charge in [-0.1, -0.05) is 0 Å². The molecule has 26 heavy (non-hydrogen) atoms. The molecule has 2 aromatic rings. The molecule has 2 N–H and O–H groups in total. The van der Waals surface area contributed by atoms with Crippen LogP contribution in [0.1, 0.15) is 27.0 Å². The van der Waals surface area contributed by atoms with Crippen molar-refractivity contribution < 1.29 is 23.7 Å². The van der Waals surface area contributed by atoms with Gasteiger partial charge in [0.1, 0.15) is 31.2 Å². The predicted octanol–water partition coefficient (Wildman–Crippen LogP) is 1.15. The van der Waals surface area contributed by atoms with Crippen molar-refractivity contribution in [2.75, 3.05) is 12.3 Å². The maximum atomic E-state index is 11.2. The quantitative estimate of drug-likeness (QED) is 0.566. The second-order valence-electron chi connectivity index (χ2n) is 6.61. The van der Waals surface area contributed by atoms with Crippen LogP contribution in [-0.2, 0) is 23.7 Å². The number of rotatable bonds is 3. The molecule has 0 saturated carbocycles. The lowest BCUT2D eigenvalue weighted by atomic mass is 10.1. The van der Waals surface area contributed by atoms with Crippen LogP contribution in [0.3, 0.4) is 0 Å². The molecule has 0 aromatic carbocycles. The van der Waals surface area contributed by atoms with Crippen LogP contribution in [0.15, 0.2) is 11.1 Å². The fourth-order valence-electron chi connectivity index (χ4n) is 3.33. The Balaban J connectivity index is 1.73. The van der Waals surface area contributed by atoms with Gasteiger partial charge in [-0.05, 0) is 29.8 Å². The van der Waals surface area contributed by atoms with Crippen LogP contribution in [0.25, 0.3) is 11.2 Å². The number of hydrogen-bond acceptors (Lipinski definition) is 9. The van der Waals surface area contributed by atoms with Crippen LogP contribution in [0.2, 0.25) is 0 Å². The first-order chi connectivity index (χ1) is 12.3. The summed E-state index contributed by atoms with van der Waals surface area (Å²) in [6.45, 7) is 5.06. The number of carbonyl (C=O) groups excluding carboxylic acids is 1. The highest BCUT2D eigenvalue weighted by atomic mass is 79.9. The molecule has 0 aliphatic carbocycles. The van der Waals surface area contributed by atoms with Crippen LogP contribution in [-0.4, -0.2) is 56.2 Å². The van der Waals surface area contributed by atoms with Crippen molar-refractivity contribution in [3.05, 3.63) is 11.1 Å². The standard InChI is InChI=1S/C15H18BrN5O5/c1-6(22)23-4-7-9-10(26-15(2,3)25-9)13(24-7)21-12-8(20-14(21)16)11(17)18-5-19-12/h5,7,9-10,13H,4H2,1-3H3,(H2,17,18,19). The van der Waals surface area contributed by atoms with Crippen molar-refractivity contribution in [3.63, 3.8) is 0 Å². The topological polar surface area (TPSA) is 124 Å². The second kappa shape index (κ2) is 6.12. The van der Waals surface area contributed by atoms with Crippen molar-refractivity contribution in [2.24, 2.45) is 0 Å². The normalized spacial score (nSPS) is 29.8. The summed E-state index contributed by atoms with van der Waals surface area (Å²) in [5, 5.41) is 0. The number of fused-ring (bicyclic) bond motifs is 2. The van der Waals surface area contributed by atoms with Crippen molar-refractivity contribution in [1.29, 1.82) is 0 Å². The Bertz CT molecular complexity index is 871. The first-order valence-electron chi connectivity index (χ1n) is 8.05. The van der Waals surface area contributed by atoms with E-state index >= 15 is 0 Å². The number of aromatic nitrogens is 4. The molecule has 2 aliphatic heterocycles. The monoisotopic (exact) mass is 427 g/mol. The van der Waals surface area contributed by atoms with Gasteiger partial charge in [-0.3, -0.25) is 9.36 Å². The third-order valence-corrected chi connectivity index (χ3v) is 4.85. The van der Waals surface area contributed by atoms with Gasteiger partial charge in [-0.2, -0.15) is 0 Å². The fraction of sp³-hybridized carbons (Fsp3) is 0.600. The highest BCUT2D eigenvalue weighted by Crippen LogP contribution is 2.45. The smallest absolute Gasteiger partial charge is 0.302 e. The Hall–Kier alpha value is -1.82. The van der Waals surface area contributed by atoms with Crippen LogP contribution in [0.4, 0.5) is 5.82 Å². The maximum Gasteiger partial charge on any atom is 0.302 e. The second-order valence-corrected chi connectivity index (χ2v) is 7.32. The average molecular weight is 428 g/mol. The summed E-state index contributed by atoms with van der Waals surface area (Å²) in [6, 6.07) is 0. The zero-order valence-corrected chi connectivity index (χ0v) is 16.0. The van der Waals surface area contributed by atoms with E-state index in [-0.39, 0.29) is 18.4 Å². The van der Waals surface area contributed by atoms with Crippen molar-refractivity contribution in [3.8, 4) is 0 Å². The highest BCUT2D eigenvalue weighted by molar-refractivity contribution is 9.10. The highest BCUT2D eigenvalue weighted by Gasteiger charge is 2.56. The molecule has 10 nitrogen and oxygen atoms in total. The first kappa shape index (κ1) is 17.6. The van der Waals surface area contributed by atoms with E-state index in [1.807, 2.05) is 13.8 Å². The number of ether oxygens (including phenoxy) is 4. The van der Waals surface area contributed by atoms with E-state index in [2.05, 4.69) is 30.9 Å². The van der Waals surface area contributed by atoms with E-state index in [1.165, 1.54) is 13.3 Å². The zero-order valence-electron chi connectivity index (χ0n) is 14.4. The molecule has 2 aromatic heterocycles. The minimum absolute atomic E-state index is 0.0633. The number of nitrogen functional groups attached to an aromatic ring is 1. The van der Waals surface area contributed by atoms with Crippen LogP contribution in [0.5, 0.6) is 0 Å². The minimum atomic E-state index is -0.789. The summed E-state index contributed by atoms with van der Waals surface area (Å²) in [4.78, 5) is 23.8. The van der Waals surface area contributed by atoms with Gasteiger partial charge in [0, 0.05) is 6.92 Å². The molecule has 0 spiro atoms. The van der Waals surface area contributed by atoms with E-state index in [1.54, 1.807) is 4.57 Å². The molecule has 0 bridgehead atoms. The molecule has 0 radical (unpaired) electrons. The fourth-order valence-corrected chi connectivity index (χ4v) is 3.87. The van der Waals surface area contributed by atoms with E-state index in [4.69, 9.17) is 24.7 Å². The van der Waals surface area contributed by atoms with Crippen molar-refractivity contribution >= 4 is 38.9 Å². The van der Waals surface area contributed by atoms with Crippen LogP contribution in [0, 0.1) is 0 Å². The number of carbonyl (C=O) groups is 1. The number of hydrogen-bond donors (Lipinski definition) is 1. The number of nitrogens with zero attached hydrogens (tertiary/aromatic N) is 4. The summed E-state index contributed by atoms with van der Waals surface area (Å²) in [5.74, 6) is -0.908. The number of nitrogens with two attached hydrogens (primary N) is 1. The Labute approximate surface area is 157 Å². The summed E-state index contributed by atoms with van der Waals surface area (Å²) in [5.41, 5.74) is 6.86. The minimum Gasteiger partial charge on any atom is -0.463 e. The lowest BCUT2D eigenvalue weighted by Crippen LogP contribution is -2.33. The Kier molecular flexibility index (Phi) is 4.14. The van der Waals surface area contributed by atoms with Crippen molar-refractivity contribution in [2.45, 2.75) is 51.1 Å². The van der Waals surface area contributed by atoms with Gasteiger partial charge in [0.25, 0.3) is 0 Å². The summed E-state index contributed by atoms with van der Waals surface area (Å²) < 4.78 is 25.5. The molecule has 4 atom stereocenters. The molecule has 4 heterocycles. The summed E-state index contributed by atoms with van der Waals surface area (Å²) in [7, 11) is 0.